The lowest BCUT2D eigenvalue weighted by atomic mass is 10.2. The Morgan fingerprint density at radius 3 is 3.00 bits per heavy atom. The quantitative estimate of drug-likeness (QED) is 0.755. The smallest absolute Gasteiger partial charge is 0.228 e. The maximum Gasteiger partial charge on any atom is 0.228 e. The number of rotatable bonds is 2. The lowest BCUT2D eigenvalue weighted by Crippen LogP contribution is -2.03. The molecule has 0 spiro atoms. The van der Waals surface area contributed by atoms with E-state index in [2.05, 4.69) is 15.3 Å². The summed E-state index contributed by atoms with van der Waals surface area (Å²) in [5.41, 5.74) is 3.74. The molecule has 4 nitrogen and oxygen atoms in total. The topological polar surface area (TPSA) is 57.8 Å². The summed E-state index contributed by atoms with van der Waals surface area (Å²) in [4.78, 5) is 20.2. The molecule has 1 amide bonds. The Hall–Kier alpha value is -1.98. The number of hydrogen-bond acceptors (Lipinski definition) is 3. The van der Waals surface area contributed by atoms with Gasteiger partial charge >= 0.3 is 0 Å². The van der Waals surface area contributed by atoms with Crippen LogP contribution in [0.5, 0.6) is 0 Å². The van der Waals surface area contributed by atoms with Crippen molar-refractivity contribution in [1.29, 1.82) is 0 Å². The summed E-state index contributed by atoms with van der Waals surface area (Å²) in [6, 6.07) is 11.5. The molecule has 0 saturated heterocycles. The highest BCUT2D eigenvalue weighted by atomic mass is 35.5. The van der Waals surface area contributed by atoms with Gasteiger partial charge in [-0.25, -0.2) is 4.98 Å². The molecule has 0 fully saturated rings. The molecular formula is C15H10ClN3OS. The molecule has 0 atom stereocenters. The van der Waals surface area contributed by atoms with Gasteiger partial charge in [0.05, 0.1) is 17.5 Å². The number of aromatic nitrogens is 2. The molecule has 1 aromatic heterocycles. The van der Waals surface area contributed by atoms with Gasteiger partial charge in [0.15, 0.2) is 5.16 Å². The molecule has 6 heteroatoms. The zero-order valence-electron chi connectivity index (χ0n) is 10.8. The number of nitrogens with one attached hydrogen (secondary N) is 2. The van der Waals surface area contributed by atoms with Crippen LogP contribution in [0.1, 0.15) is 5.56 Å². The number of carbonyl (C=O) groups excluding carboxylic acids is 1. The largest absolute Gasteiger partial charge is 0.333 e. The van der Waals surface area contributed by atoms with Crippen LogP contribution in [0.15, 0.2) is 46.5 Å². The summed E-state index contributed by atoms with van der Waals surface area (Å²) < 4.78 is 0. The molecule has 0 saturated carbocycles. The monoisotopic (exact) mass is 315 g/mol. The number of amides is 1. The molecule has 21 heavy (non-hydrogen) atoms. The highest BCUT2D eigenvalue weighted by molar-refractivity contribution is 7.99. The third-order valence-corrected chi connectivity index (χ3v) is 4.45. The molecular weight excluding hydrogens is 306 g/mol. The predicted octanol–water partition coefficient (Wildman–Crippen LogP) is 3.86. The van der Waals surface area contributed by atoms with Crippen LogP contribution in [-0.2, 0) is 11.2 Å². The zero-order valence-corrected chi connectivity index (χ0v) is 12.4. The predicted molar refractivity (Wildman–Crippen MR) is 84.0 cm³/mol. The van der Waals surface area contributed by atoms with Crippen molar-refractivity contribution in [3.8, 4) is 0 Å². The summed E-state index contributed by atoms with van der Waals surface area (Å²) in [5, 5.41) is 4.32. The number of anilines is 1. The van der Waals surface area contributed by atoms with Crippen LogP contribution in [0.3, 0.4) is 0 Å². The first-order valence-electron chi connectivity index (χ1n) is 6.43. The lowest BCUT2D eigenvalue weighted by Gasteiger charge is -2.01. The Balaban J connectivity index is 1.65. The van der Waals surface area contributed by atoms with E-state index in [1.165, 1.54) is 11.8 Å². The van der Waals surface area contributed by atoms with Crippen molar-refractivity contribution in [3.05, 3.63) is 47.0 Å². The molecule has 4 rings (SSSR count). The summed E-state index contributed by atoms with van der Waals surface area (Å²) in [6.07, 6.45) is 0.444. The van der Waals surface area contributed by atoms with Gasteiger partial charge in [0, 0.05) is 15.6 Å². The third kappa shape index (κ3) is 2.39. The molecule has 2 N–H and O–H groups in total. The first-order valence-corrected chi connectivity index (χ1v) is 7.63. The highest BCUT2D eigenvalue weighted by Crippen LogP contribution is 2.32. The number of halogens is 1. The number of benzene rings is 2. The average molecular weight is 316 g/mol. The number of fused-ring (bicyclic) bond motifs is 2. The summed E-state index contributed by atoms with van der Waals surface area (Å²) in [7, 11) is 0. The van der Waals surface area contributed by atoms with E-state index < -0.39 is 0 Å². The minimum atomic E-state index is 0.0468. The second kappa shape index (κ2) is 4.79. The van der Waals surface area contributed by atoms with Crippen molar-refractivity contribution in [2.24, 2.45) is 0 Å². The van der Waals surface area contributed by atoms with Crippen molar-refractivity contribution in [1.82, 2.24) is 9.97 Å². The minimum absolute atomic E-state index is 0.0468. The van der Waals surface area contributed by atoms with Gasteiger partial charge in [0.2, 0.25) is 5.91 Å². The van der Waals surface area contributed by atoms with E-state index >= 15 is 0 Å². The molecule has 0 radical (unpaired) electrons. The minimum Gasteiger partial charge on any atom is -0.333 e. The molecule has 0 aliphatic carbocycles. The van der Waals surface area contributed by atoms with E-state index in [9.17, 15) is 4.79 Å². The molecule has 2 aromatic carbocycles. The van der Waals surface area contributed by atoms with Crippen LogP contribution in [-0.4, -0.2) is 15.9 Å². The van der Waals surface area contributed by atoms with Crippen LogP contribution in [0, 0.1) is 0 Å². The Kier molecular flexibility index (Phi) is 2.90. The summed E-state index contributed by atoms with van der Waals surface area (Å²) >= 11 is 7.51. The molecule has 3 aromatic rings. The maximum absolute atomic E-state index is 11.4. The Bertz CT molecular complexity index is 874. The highest BCUT2D eigenvalue weighted by Gasteiger charge is 2.18. The van der Waals surface area contributed by atoms with Crippen molar-refractivity contribution >= 4 is 46.0 Å². The van der Waals surface area contributed by atoms with Crippen molar-refractivity contribution in [2.45, 2.75) is 16.5 Å². The third-order valence-electron chi connectivity index (χ3n) is 3.34. The van der Waals surface area contributed by atoms with Crippen LogP contribution in [0.4, 0.5) is 5.69 Å². The molecule has 2 heterocycles. The molecule has 0 bridgehead atoms. The van der Waals surface area contributed by atoms with Crippen LogP contribution < -0.4 is 5.32 Å². The van der Waals surface area contributed by atoms with E-state index in [0.717, 1.165) is 32.3 Å². The number of aromatic amines is 1. The van der Waals surface area contributed by atoms with Crippen molar-refractivity contribution in [2.75, 3.05) is 5.32 Å². The van der Waals surface area contributed by atoms with Gasteiger partial charge in [-0.05, 0) is 42.0 Å². The number of H-pyrrole nitrogens is 1. The second-order valence-electron chi connectivity index (χ2n) is 4.85. The fraction of sp³-hybridized carbons (Fsp3) is 0.0667. The van der Waals surface area contributed by atoms with Gasteiger partial charge in [-0.3, -0.25) is 4.79 Å². The molecule has 0 unspecified atom stereocenters. The van der Waals surface area contributed by atoms with E-state index in [1.54, 1.807) is 0 Å². The van der Waals surface area contributed by atoms with Crippen LogP contribution in [0.2, 0.25) is 5.02 Å². The molecule has 104 valence electrons. The van der Waals surface area contributed by atoms with Crippen LogP contribution >= 0.6 is 23.4 Å². The maximum atomic E-state index is 11.4. The SMILES string of the molecule is O=C1Cc2cc(Sc3nc4ccc(Cl)cc4[nH]3)ccc2N1. The molecule has 1 aliphatic rings. The fourth-order valence-electron chi connectivity index (χ4n) is 2.39. The Morgan fingerprint density at radius 1 is 1.19 bits per heavy atom. The molecule has 1 aliphatic heterocycles. The van der Waals surface area contributed by atoms with Crippen LogP contribution in [0.25, 0.3) is 11.0 Å². The first kappa shape index (κ1) is 12.7. The standard InChI is InChI=1S/C15H10ClN3OS/c16-9-1-3-12-13(7-9)19-15(18-12)21-10-2-4-11-8(5-10)6-14(20)17-11/h1-5,7H,6H2,(H,17,20)(H,18,19). The Labute approximate surface area is 129 Å². The van der Waals surface area contributed by atoms with Gasteiger partial charge in [-0.15, -0.1) is 0 Å². The van der Waals surface area contributed by atoms with Gasteiger partial charge in [0.1, 0.15) is 0 Å². The normalized spacial score (nSPS) is 13.5. The van der Waals surface area contributed by atoms with E-state index in [4.69, 9.17) is 11.6 Å². The van der Waals surface area contributed by atoms with Gasteiger partial charge < -0.3 is 10.3 Å². The van der Waals surface area contributed by atoms with Crippen molar-refractivity contribution in [3.63, 3.8) is 0 Å². The van der Waals surface area contributed by atoms with Gasteiger partial charge in [0.25, 0.3) is 0 Å². The fourth-order valence-corrected chi connectivity index (χ4v) is 3.43. The number of hydrogen-bond donors (Lipinski definition) is 2. The number of carbonyl (C=O) groups is 1. The average Bonchev–Trinajstić information content (AvgIpc) is 2.99. The van der Waals surface area contributed by atoms with Gasteiger partial charge in [-0.2, -0.15) is 0 Å². The lowest BCUT2D eigenvalue weighted by molar-refractivity contribution is -0.115. The summed E-state index contributed by atoms with van der Waals surface area (Å²) in [6.45, 7) is 0. The Morgan fingerprint density at radius 2 is 2.10 bits per heavy atom. The number of nitrogens with zero attached hydrogens (tertiary/aromatic N) is 1. The van der Waals surface area contributed by atoms with Gasteiger partial charge in [-0.1, -0.05) is 23.4 Å². The van der Waals surface area contributed by atoms with E-state index in [1.807, 2.05) is 36.4 Å². The van der Waals surface area contributed by atoms with E-state index in [0.29, 0.717) is 11.4 Å². The first-order chi connectivity index (χ1) is 10.2. The van der Waals surface area contributed by atoms with Crippen molar-refractivity contribution < 1.29 is 4.79 Å². The number of imidazole rings is 1. The summed E-state index contributed by atoms with van der Waals surface area (Å²) in [5.74, 6) is 0.0468. The van der Waals surface area contributed by atoms with E-state index in [-0.39, 0.29) is 5.91 Å². The zero-order chi connectivity index (χ0) is 14.4. The second-order valence-corrected chi connectivity index (χ2v) is 6.35.